The SMILES string of the molecule is Cc1[nH]ncc1CNC(C)c1cccc(O)c1. The number of H-pyrrole nitrogens is 1. The van der Waals surface area contributed by atoms with Crippen molar-refractivity contribution in [3.63, 3.8) is 0 Å². The van der Waals surface area contributed by atoms with E-state index in [0.29, 0.717) is 5.75 Å². The largest absolute Gasteiger partial charge is 0.508 e. The van der Waals surface area contributed by atoms with Crippen molar-refractivity contribution in [2.24, 2.45) is 0 Å². The van der Waals surface area contributed by atoms with E-state index in [0.717, 1.165) is 23.4 Å². The van der Waals surface area contributed by atoms with Crippen molar-refractivity contribution in [2.75, 3.05) is 0 Å². The van der Waals surface area contributed by atoms with Gasteiger partial charge in [0.2, 0.25) is 0 Å². The number of hydrogen-bond acceptors (Lipinski definition) is 3. The zero-order valence-electron chi connectivity index (χ0n) is 10.1. The molecular formula is C13H17N3O. The predicted octanol–water partition coefficient (Wildman–Crippen LogP) is 2.27. The van der Waals surface area contributed by atoms with Gasteiger partial charge in [0, 0.05) is 23.8 Å². The van der Waals surface area contributed by atoms with Gasteiger partial charge in [-0.15, -0.1) is 0 Å². The fourth-order valence-electron chi connectivity index (χ4n) is 1.73. The fourth-order valence-corrected chi connectivity index (χ4v) is 1.73. The summed E-state index contributed by atoms with van der Waals surface area (Å²) >= 11 is 0. The summed E-state index contributed by atoms with van der Waals surface area (Å²) < 4.78 is 0. The van der Waals surface area contributed by atoms with Crippen LogP contribution in [-0.4, -0.2) is 15.3 Å². The molecule has 0 aliphatic heterocycles. The van der Waals surface area contributed by atoms with Crippen LogP contribution in [0.3, 0.4) is 0 Å². The van der Waals surface area contributed by atoms with Crippen LogP contribution in [0.15, 0.2) is 30.5 Å². The zero-order chi connectivity index (χ0) is 12.3. The van der Waals surface area contributed by atoms with Crippen LogP contribution in [0.5, 0.6) is 5.75 Å². The summed E-state index contributed by atoms with van der Waals surface area (Å²) in [6, 6.07) is 7.50. The number of aromatic nitrogens is 2. The molecule has 0 fully saturated rings. The standard InChI is InChI=1S/C13H17N3O/c1-9(11-4-3-5-13(17)6-11)14-7-12-8-15-16-10(12)2/h3-6,8-9,14,17H,7H2,1-2H3,(H,15,16). The lowest BCUT2D eigenvalue weighted by Gasteiger charge is -2.14. The minimum atomic E-state index is 0.191. The van der Waals surface area contributed by atoms with Crippen molar-refractivity contribution in [3.05, 3.63) is 47.3 Å². The summed E-state index contributed by atoms with van der Waals surface area (Å²) in [5.74, 6) is 0.302. The lowest BCUT2D eigenvalue weighted by Crippen LogP contribution is -2.18. The van der Waals surface area contributed by atoms with Crippen molar-refractivity contribution in [1.29, 1.82) is 0 Å². The Balaban J connectivity index is 1.98. The maximum atomic E-state index is 9.42. The summed E-state index contributed by atoms with van der Waals surface area (Å²) in [6.07, 6.45) is 1.83. The molecule has 1 aromatic carbocycles. The number of aromatic amines is 1. The fraction of sp³-hybridized carbons (Fsp3) is 0.308. The molecule has 4 heteroatoms. The second-order valence-electron chi connectivity index (χ2n) is 4.22. The molecular weight excluding hydrogens is 214 g/mol. The molecule has 4 nitrogen and oxygen atoms in total. The maximum absolute atomic E-state index is 9.42. The van der Waals surface area contributed by atoms with E-state index in [1.54, 1.807) is 12.1 Å². The number of aromatic hydroxyl groups is 1. The lowest BCUT2D eigenvalue weighted by atomic mass is 10.1. The predicted molar refractivity (Wildman–Crippen MR) is 66.7 cm³/mol. The number of rotatable bonds is 4. The Kier molecular flexibility index (Phi) is 3.44. The molecule has 2 aromatic rings. The minimum absolute atomic E-state index is 0.191. The molecule has 0 bridgehead atoms. The highest BCUT2D eigenvalue weighted by atomic mass is 16.3. The second kappa shape index (κ2) is 5.01. The Morgan fingerprint density at radius 3 is 2.94 bits per heavy atom. The third-order valence-corrected chi connectivity index (χ3v) is 2.90. The van der Waals surface area contributed by atoms with Crippen LogP contribution in [0.2, 0.25) is 0 Å². The van der Waals surface area contributed by atoms with Gasteiger partial charge in [0.05, 0.1) is 6.20 Å². The highest BCUT2D eigenvalue weighted by Gasteiger charge is 2.07. The Morgan fingerprint density at radius 1 is 1.47 bits per heavy atom. The smallest absolute Gasteiger partial charge is 0.115 e. The van der Waals surface area contributed by atoms with Crippen LogP contribution >= 0.6 is 0 Å². The Labute approximate surface area is 101 Å². The molecule has 0 saturated heterocycles. The first kappa shape index (κ1) is 11.7. The Hall–Kier alpha value is -1.81. The number of phenols is 1. The highest BCUT2D eigenvalue weighted by molar-refractivity contribution is 5.29. The van der Waals surface area contributed by atoms with Crippen molar-refractivity contribution in [1.82, 2.24) is 15.5 Å². The molecule has 0 amide bonds. The van der Waals surface area contributed by atoms with E-state index in [-0.39, 0.29) is 6.04 Å². The van der Waals surface area contributed by atoms with Gasteiger partial charge in [0.15, 0.2) is 0 Å². The number of aryl methyl sites for hydroxylation is 1. The van der Waals surface area contributed by atoms with Crippen molar-refractivity contribution < 1.29 is 5.11 Å². The van der Waals surface area contributed by atoms with Crippen LogP contribution in [0.4, 0.5) is 0 Å². The number of phenolic OH excluding ortho intramolecular Hbond substituents is 1. The normalized spacial score (nSPS) is 12.6. The van der Waals surface area contributed by atoms with Crippen LogP contribution in [0.1, 0.15) is 29.8 Å². The zero-order valence-corrected chi connectivity index (χ0v) is 10.1. The van der Waals surface area contributed by atoms with Gasteiger partial charge < -0.3 is 10.4 Å². The number of benzene rings is 1. The minimum Gasteiger partial charge on any atom is -0.508 e. The van der Waals surface area contributed by atoms with Crippen molar-refractivity contribution in [2.45, 2.75) is 26.4 Å². The molecule has 0 saturated carbocycles. The van der Waals surface area contributed by atoms with Crippen molar-refractivity contribution in [3.8, 4) is 5.75 Å². The van der Waals surface area contributed by atoms with Gasteiger partial charge in [-0.1, -0.05) is 12.1 Å². The van der Waals surface area contributed by atoms with E-state index in [9.17, 15) is 5.11 Å². The Morgan fingerprint density at radius 2 is 2.29 bits per heavy atom. The lowest BCUT2D eigenvalue weighted by molar-refractivity contribution is 0.472. The van der Waals surface area contributed by atoms with Gasteiger partial charge in [-0.3, -0.25) is 5.10 Å². The van der Waals surface area contributed by atoms with E-state index in [1.165, 1.54) is 0 Å². The van der Waals surface area contributed by atoms with E-state index < -0.39 is 0 Å². The van der Waals surface area contributed by atoms with E-state index in [1.807, 2.05) is 25.3 Å². The number of hydrogen-bond donors (Lipinski definition) is 3. The van der Waals surface area contributed by atoms with E-state index in [2.05, 4.69) is 22.4 Å². The summed E-state index contributed by atoms with van der Waals surface area (Å²) in [7, 11) is 0. The molecule has 90 valence electrons. The van der Waals surface area contributed by atoms with Gasteiger partial charge in [-0.05, 0) is 31.5 Å². The molecule has 1 atom stereocenters. The summed E-state index contributed by atoms with van der Waals surface area (Å²) in [5.41, 5.74) is 3.32. The molecule has 0 radical (unpaired) electrons. The monoisotopic (exact) mass is 231 g/mol. The molecule has 0 aliphatic rings. The summed E-state index contributed by atoms with van der Waals surface area (Å²) in [6.45, 7) is 4.84. The second-order valence-corrected chi connectivity index (χ2v) is 4.22. The first-order chi connectivity index (χ1) is 8.16. The number of nitrogens with zero attached hydrogens (tertiary/aromatic N) is 1. The van der Waals surface area contributed by atoms with E-state index in [4.69, 9.17) is 0 Å². The van der Waals surface area contributed by atoms with Gasteiger partial charge in [-0.2, -0.15) is 5.10 Å². The first-order valence-corrected chi connectivity index (χ1v) is 5.68. The van der Waals surface area contributed by atoms with Crippen LogP contribution in [0, 0.1) is 6.92 Å². The molecule has 2 rings (SSSR count). The van der Waals surface area contributed by atoms with Gasteiger partial charge in [-0.25, -0.2) is 0 Å². The molecule has 1 heterocycles. The van der Waals surface area contributed by atoms with Crippen LogP contribution in [0.25, 0.3) is 0 Å². The highest BCUT2D eigenvalue weighted by Crippen LogP contribution is 2.18. The number of nitrogens with one attached hydrogen (secondary N) is 2. The summed E-state index contributed by atoms with van der Waals surface area (Å²) in [4.78, 5) is 0. The molecule has 3 N–H and O–H groups in total. The third-order valence-electron chi connectivity index (χ3n) is 2.90. The molecule has 1 unspecified atom stereocenters. The van der Waals surface area contributed by atoms with Gasteiger partial charge in [0.1, 0.15) is 5.75 Å². The van der Waals surface area contributed by atoms with E-state index >= 15 is 0 Å². The molecule has 1 aromatic heterocycles. The topological polar surface area (TPSA) is 60.9 Å². The van der Waals surface area contributed by atoms with Crippen molar-refractivity contribution >= 4 is 0 Å². The summed E-state index contributed by atoms with van der Waals surface area (Å²) in [5, 5.41) is 19.7. The van der Waals surface area contributed by atoms with Crippen LogP contribution in [-0.2, 0) is 6.54 Å². The van der Waals surface area contributed by atoms with Gasteiger partial charge in [0.25, 0.3) is 0 Å². The van der Waals surface area contributed by atoms with Gasteiger partial charge >= 0.3 is 0 Å². The quantitative estimate of drug-likeness (QED) is 0.756. The maximum Gasteiger partial charge on any atom is 0.115 e. The molecule has 17 heavy (non-hydrogen) atoms. The first-order valence-electron chi connectivity index (χ1n) is 5.68. The van der Waals surface area contributed by atoms with Crippen LogP contribution < -0.4 is 5.32 Å². The molecule has 0 spiro atoms. The Bertz CT molecular complexity index is 493. The third kappa shape index (κ3) is 2.85. The molecule has 0 aliphatic carbocycles. The average molecular weight is 231 g/mol. The average Bonchev–Trinajstić information content (AvgIpc) is 2.72.